The minimum Gasteiger partial charge on any atom is -0.495 e. The fourth-order valence-electron chi connectivity index (χ4n) is 3.18. The van der Waals surface area contributed by atoms with Gasteiger partial charge in [0.25, 0.3) is 0 Å². The monoisotopic (exact) mass is 467 g/mol. The number of rotatable bonds is 5. The molecule has 0 unspecified atom stereocenters. The Kier molecular flexibility index (Phi) is 6.36. The highest BCUT2D eigenvalue weighted by Gasteiger charge is 2.34. The fourth-order valence-corrected chi connectivity index (χ4v) is 5.35. The van der Waals surface area contributed by atoms with Crippen LogP contribution in [0.25, 0.3) is 0 Å². The Morgan fingerprint density at radius 1 is 1.25 bits per heavy atom. The number of hydrogen-bond acceptors (Lipinski definition) is 5. The molecule has 1 N–H and O–H groups in total. The highest BCUT2D eigenvalue weighted by Crippen LogP contribution is 2.32. The van der Waals surface area contributed by atoms with E-state index in [0.717, 1.165) is 5.56 Å². The molecular formula is C19H22BrN3O4S. The Balaban J connectivity index is 1.68. The van der Waals surface area contributed by atoms with Crippen LogP contribution in [-0.2, 0) is 14.8 Å². The molecule has 0 bridgehead atoms. The Morgan fingerprint density at radius 3 is 2.61 bits per heavy atom. The van der Waals surface area contributed by atoms with Gasteiger partial charge in [0.1, 0.15) is 16.5 Å². The number of piperidine rings is 1. The van der Waals surface area contributed by atoms with E-state index in [0.29, 0.717) is 28.9 Å². The highest BCUT2D eigenvalue weighted by atomic mass is 79.9. The largest absolute Gasteiger partial charge is 0.495 e. The Hall–Kier alpha value is -1.97. The molecule has 9 heteroatoms. The third-order valence-corrected chi connectivity index (χ3v) is 7.15. The molecule has 0 aliphatic carbocycles. The first-order chi connectivity index (χ1) is 13.3. The molecule has 28 heavy (non-hydrogen) atoms. The molecule has 3 rings (SSSR count). The molecule has 1 aromatic heterocycles. The highest BCUT2D eigenvalue weighted by molar-refractivity contribution is 9.10. The van der Waals surface area contributed by atoms with E-state index in [1.54, 1.807) is 24.4 Å². The number of nitrogens with zero attached hydrogens (tertiary/aromatic N) is 2. The molecule has 1 aliphatic rings. The third-order valence-electron chi connectivity index (χ3n) is 4.73. The molecule has 2 heterocycles. The van der Waals surface area contributed by atoms with E-state index in [4.69, 9.17) is 4.74 Å². The summed E-state index contributed by atoms with van der Waals surface area (Å²) in [6.45, 7) is 2.48. The average Bonchev–Trinajstić information content (AvgIpc) is 2.68. The van der Waals surface area contributed by atoms with Crippen molar-refractivity contribution in [3.8, 4) is 5.75 Å². The van der Waals surface area contributed by atoms with Gasteiger partial charge in [0.05, 0.1) is 7.11 Å². The zero-order valence-corrected chi connectivity index (χ0v) is 18.1. The summed E-state index contributed by atoms with van der Waals surface area (Å²) in [7, 11) is -2.26. The van der Waals surface area contributed by atoms with E-state index >= 15 is 0 Å². The van der Waals surface area contributed by atoms with Crippen molar-refractivity contribution in [3.05, 3.63) is 46.6 Å². The van der Waals surface area contributed by atoms with Crippen molar-refractivity contribution in [1.82, 2.24) is 9.29 Å². The molecule has 150 valence electrons. The van der Waals surface area contributed by atoms with E-state index in [1.807, 2.05) is 13.0 Å². The molecule has 1 fully saturated rings. The number of pyridine rings is 1. The van der Waals surface area contributed by atoms with Gasteiger partial charge in [-0.3, -0.25) is 4.79 Å². The second-order valence-electron chi connectivity index (χ2n) is 6.68. The summed E-state index contributed by atoms with van der Waals surface area (Å²) in [6.07, 6.45) is 2.55. The van der Waals surface area contributed by atoms with E-state index in [9.17, 15) is 13.2 Å². The molecule has 1 amide bonds. The molecule has 0 spiro atoms. The number of aryl methyl sites for hydroxylation is 1. The Morgan fingerprint density at radius 2 is 1.96 bits per heavy atom. The van der Waals surface area contributed by atoms with Crippen LogP contribution in [0.4, 0.5) is 5.82 Å². The number of methoxy groups -OCH3 is 1. The second kappa shape index (κ2) is 8.59. The van der Waals surface area contributed by atoms with Gasteiger partial charge in [0.2, 0.25) is 15.9 Å². The molecule has 2 aromatic rings. The van der Waals surface area contributed by atoms with Crippen LogP contribution in [0.1, 0.15) is 18.4 Å². The number of aromatic nitrogens is 1. The van der Waals surface area contributed by atoms with Crippen LogP contribution in [0.3, 0.4) is 0 Å². The van der Waals surface area contributed by atoms with Gasteiger partial charge in [-0.2, -0.15) is 4.31 Å². The van der Waals surface area contributed by atoms with Crippen LogP contribution in [-0.4, -0.2) is 43.8 Å². The van der Waals surface area contributed by atoms with E-state index in [1.165, 1.54) is 17.5 Å². The van der Waals surface area contributed by atoms with Crippen molar-refractivity contribution in [2.45, 2.75) is 24.7 Å². The molecule has 7 nitrogen and oxygen atoms in total. The maximum absolute atomic E-state index is 13.0. The summed E-state index contributed by atoms with van der Waals surface area (Å²) >= 11 is 3.31. The van der Waals surface area contributed by atoms with Gasteiger partial charge in [-0.25, -0.2) is 13.4 Å². The molecule has 0 atom stereocenters. The van der Waals surface area contributed by atoms with Gasteiger partial charge in [-0.15, -0.1) is 0 Å². The minimum atomic E-state index is -3.71. The first-order valence-corrected chi connectivity index (χ1v) is 11.1. The molecule has 1 aliphatic heterocycles. The van der Waals surface area contributed by atoms with Crippen LogP contribution >= 0.6 is 15.9 Å². The number of carbonyl (C=O) groups is 1. The number of hydrogen-bond donors (Lipinski definition) is 1. The number of nitrogens with one attached hydrogen (secondary N) is 1. The lowest BCUT2D eigenvalue weighted by atomic mass is 9.97. The maximum atomic E-state index is 13.0. The van der Waals surface area contributed by atoms with Crippen LogP contribution in [0.5, 0.6) is 5.75 Å². The predicted molar refractivity (Wildman–Crippen MR) is 110 cm³/mol. The number of halogens is 1. The topological polar surface area (TPSA) is 88.6 Å². The van der Waals surface area contributed by atoms with Gasteiger partial charge < -0.3 is 10.1 Å². The smallest absolute Gasteiger partial charge is 0.246 e. The van der Waals surface area contributed by atoms with Gasteiger partial charge in [-0.05, 0) is 55.7 Å². The molecular weight excluding hydrogens is 446 g/mol. The average molecular weight is 468 g/mol. The number of benzene rings is 1. The van der Waals surface area contributed by atoms with Crippen LogP contribution < -0.4 is 10.1 Å². The minimum absolute atomic E-state index is 0.122. The van der Waals surface area contributed by atoms with E-state index < -0.39 is 10.0 Å². The quantitative estimate of drug-likeness (QED) is 0.728. The van der Waals surface area contributed by atoms with Crippen LogP contribution in [0.15, 0.2) is 45.9 Å². The zero-order chi connectivity index (χ0) is 20.3. The third kappa shape index (κ3) is 4.53. The second-order valence-corrected chi connectivity index (χ2v) is 9.50. The van der Waals surface area contributed by atoms with Crippen molar-refractivity contribution in [2.75, 3.05) is 25.5 Å². The van der Waals surface area contributed by atoms with Crippen LogP contribution in [0, 0.1) is 12.8 Å². The predicted octanol–water partition coefficient (Wildman–Crippen LogP) is 3.20. The first-order valence-electron chi connectivity index (χ1n) is 8.88. The van der Waals surface area contributed by atoms with Crippen molar-refractivity contribution < 1.29 is 17.9 Å². The molecule has 0 saturated carbocycles. The fraction of sp³-hybridized carbons (Fsp3) is 0.368. The van der Waals surface area contributed by atoms with Crippen LogP contribution in [0.2, 0.25) is 0 Å². The number of anilines is 1. The summed E-state index contributed by atoms with van der Waals surface area (Å²) < 4.78 is 33.4. The zero-order valence-electron chi connectivity index (χ0n) is 15.7. The standard InChI is InChI=1S/C19H22BrN3O4S/c1-13-5-8-21-18(11-13)22-19(24)14-6-9-23(10-7-14)28(25,26)17-12-15(20)3-4-16(17)27-2/h3-5,8,11-12,14H,6-7,9-10H2,1-2H3,(H,21,22,24). The first kappa shape index (κ1) is 20.8. The summed E-state index contributed by atoms with van der Waals surface area (Å²) in [6, 6.07) is 8.54. The lowest BCUT2D eigenvalue weighted by molar-refractivity contribution is -0.120. The Bertz CT molecular complexity index is 973. The lowest BCUT2D eigenvalue weighted by Gasteiger charge is -2.30. The van der Waals surface area contributed by atoms with Gasteiger partial charge in [0, 0.05) is 29.7 Å². The summed E-state index contributed by atoms with van der Waals surface area (Å²) in [4.78, 5) is 16.8. The van der Waals surface area contributed by atoms with Crippen molar-refractivity contribution in [1.29, 1.82) is 0 Å². The van der Waals surface area contributed by atoms with Crippen molar-refractivity contribution >= 4 is 37.7 Å². The SMILES string of the molecule is COc1ccc(Br)cc1S(=O)(=O)N1CCC(C(=O)Nc2cc(C)ccn2)CC1. The number of sulfonamides is 1. The summed E-state index contributed by atoms with van der Waals surface area (Å²) in [5.74, 6) is 0.431. The summed E-state index contributed by atoms with van der Waals surface area (Å²) in [5.41, 5.74) is 1.01. The van der Waals surface area contributed by atoms with E-state index in [-0.39, 0.29) is 29.8 Å². The van der Waals surface area contributed by atoms with Crippen molar-refractivity contribution in [3.63, 3.8) is 0 Å². The molecule has 1 saturated heterocycles. The van der Waals surface area contributed by atoms with Crippen molar-refractivity contribution in [2.24, 2.45) is 5.92 Å². The Labute approximate surface area is 173 Å². The summed E-state index contributed by atoms with van der Waals surface area (Å²) in [5, 5.41) is 2.82. The van der Waals surface area contributed by atoms with E-state index in [2.05, 4.69) is 26.2 Å². The van der Waals surface area contributed by atoms with Gasteiger partial charge in [0.15, 0.2) is 0 Å². The lowest BCUT2D eigenvalue weighted by Crippen LogP contribution is -2.41. The van der Waals surface area contributed by atoms with Gasteiger partial charge in [-0.1, -0.05) is 15.9 Å². The van der Waals surface area contributed by atoms with Gasteiger partial charge >= 0.3 is 0 Å². The molecule has 0 radical (unpaired) electrons. The normalized spacial score (nSPS) is 16.0. The number of carbonyl (C=O) groups excluding carboxylic acids is 1. The number of ether oxygens (including phenoxy) is 1. The number of amides is 1. The maximum Gasteiger partial charge on any atom is 0.246 e. The molecule has 1 aromatic carbocycles.